The fraction of sp³-hybridized carbons (Fsp3) is 0.316. The van der Waals surface area contributed by atoms with Crippen LogP contribution >= 0.6 is 11.3 Å². The summed E-state index contributed by atoms with van der Waals surface area (Å²) in [5, 5.41) is 1.64. The summed E-state index contributed by atoms with van der Waals surface area (Å²) >= 11 is 1.06. The Morgan fingerprint density at radius 1 is 1.07 bits per heavy atom. The lowest BCUT2D eigenvalue weighted by atomic mass is 10.1. The van der Waals surface area contributed by atoms with Crippen LogP contribution in [0.25, 0.3) is 0 Å². The van der Waals surface area contributed by atoms with Crippen molar-refractivity contribution in [2.45, 2.75) is 29.5 Å². The van der Waals surface area contributed by atoms with E-state index in [1.165, 1.54) is 18.2 Å². The Morgan fingerprint density at radius 2 is 1.83 bits per heavy atom. The molecule has 0 spiro atoms. The third kappa shape index (κ3) is 4.31. The van der Waals surface area contributed by atoms with Gasteiger partial charge in [-0.15, -0.1) is 11.3 Å². The number of rotatable bonds is 6. The van der Waals surface area contributed by atoms with E-state index in [1.807, 2.05) is 0 Å². The summed E-state index contributed by atoms with van der Waals surface area (Å²) in [5.74, 6) is -1.68. The first kappa shape index (κ1) is 20.4. The monoisotopic (exact) mass is 448 g/mol. The van der Waals surface area contributed by atoms with Gasteiger partial charge < -0.3 is 4.90 Å². The Balaban J connectivity index is 1.39. The molecule has 2 heterocycles. The van der Waals surface area contributed by atoms with E-state index in [2.05, 4.69) is 15.6 Å². The molecule has 0 bridgehead atoms. The predicted molar refractivity (Wildman–Crippen MR) is 110 cm³/mol. The minimum atomic E-state index is -3.83. The molecule has 3 N–H and O–H groups in total. The number of sulfonamides is 1. The van der Waals surface area contributed by atoms with Crippen molar-refractivity contribution in [1.82, 2.24) is 15.8 Å². The van der Waals surface area contributed by atoms with Crippen molar-refractivity contribution in [3.63, 3.8) is 0 Å². The van der Waals surface area contributed by atoms with E-state index in [4.69, 9.17) is 0 Å². The number of hydrogen-bond acceptors (Lipinski definition) is 6. The van der Waals surface area contributed by atoms with Crippen molar-refractivity contribution in [3.8, 4) is 0 Å². The van der Waals surface area contributed by atoms with Gasteiger partial charge in [-0.3, -0.25) is 30.0 Å². The van der Waals surface area contributed by atoms with Gasteiger partial charge in [-0.25, -0.2) is 8.42 Å². The highest BCUT2D eigenvalue weighted by Crippen LogP contribution is 2.32. The van der Waals surface area contributed by atoms with E-state index < -0.39 is 27.8 Å². The van der Waals surface area contributed by atoms with Crippen LogP contribution < -0.4 is 15.6 Å². The molecule has 2 aromatic rings. The molecule has 1 atom stereocenters. The lowest BCUT2D eigenvalue weighted by Gasteiger charge is -2.16. The first-order valence-corrected chi connectivity index (χ1v) is 11.8. The van der Waals surface area contributed by atoms with E-state index in [1.54, 1.807) is 28.5 Å². The standard InChI is InChI=1S/C19H20N4O5S2/c24-16-10-12(11-23(16)13-7-8-13)18(25)20-21-19(26)14-4-1-2-5-15(14)22-30(27,28)17-6-3-9-29-17/h1-6,9,12-13,22H,7-8,10-11H2,(H,20,25)(H,21,26)/t12-/m1/s1. The summed E-state index contributed by atoms with van der Waals surface area (Å²) in [6, 6.07) is 9.41. The molecular formula is C19H20N4O5S2. The first-order chi connectivity index (χ1) is 14.3. The molecule has 1 aromatic heterocycles. The summed E-state index contributed by atoms with van der Waals surface area (Å²) in [5.41, 5.74) is 4.81. The zero-order valence-corrected chi connectivity index (χ0v) is 17.5. The van der Waals surface area contributed by atoms with E-state index in [0.29, 0.717) is 6.54 Å². The molecule has 9 nitrogen and oxygen atoms in total. The smallest absolute Gasteiger partial charge is 0.271 e. The Kier molecular flexibility index (Phi) is 5.48. The van der Waals surface area contributed by atoms with Gasteiger partial charge in [0.05, 0.1) is 17.2 Å². The Morgan fingerprint density at radius 3 is 2.53 bits per heavy atom. The van der Waals surface area contributed by atoms with E-state index in [-0.39, 0.29) is 33.8 Å². The number of nitrogens with one attached hydrogen (secondary N) is 3. The van der Waals surface area contributed by atoms with Crippen LogP contribution in [0.15, 0.2) is 46.0 Å². The van der Waals surface area contributed by atoms with Crippen molar-refractivity contribution in [2.24, 2.45) is 5.92 Å². The average Bonchev–Trinajstić information content (AvgIpc) is 3.24. The maximum atomic E-state index is 12.6. The van der Waals surface area contributed by atoms with Gasteiger partial charge in [0.2, 0.25) is 11.8 Å². The molecule has 2 fully saturated rings. The number of hydrogen-bond donors (Lipinski definition) is 3. The molecule has 158 valence electrons. The number of amides is 3. The molecule has 1 aromatic carbocycles. The average molecular weight is 449 g/mol. The largest absolute Gasteiger partial charge is 0.339 e. The molecule has 0 radical (unpaired) electrons. The molecule has 4 rings (SSSR count). The number of para-hydroxylation sites is 1. The number of likely N-dealkylation sites (tertiary alicyclic amines) is 1. The number of carbonyl (C=O) groups is 3. The highest BCUT2D eigenvalue weighted by molar-refractivity contribution is 7.94. The number of benzene rings is 1. The highest BCUT2D eigenvalue weighted by atomic mass is 32.2. The number of thiophene rings is 1. The van der Waals surface area contributed by atoms with Gasteiger partial charge in [0.25, 0.3) is 15.9 Å². The van der Waals surface area contributed by atoms with Crippen LogP contribution in [0.2, 0.25) is 0 Å². The molecule has 2 aliphatic rings. The second-order valence-corrected chi connectivity index (χ2v) is 10.1. The summed E-state index contributed by atoms with van der Waals surface area (Å²) in [4.78, 5) is 38.7. The summed E-state index contributed by atoms with van der Waals surface area (Å²) in [6.07, 6.45) is 2.05. The fourth-order valence-corrected chi connectivity index (χ4v) is 5.39. The zero-order chi connectivity index (χ0) is 21.3. The van der Waals surface area contributed by atoms with Gasteiger partial charge in [-0.1, -0.05) is 18.2 Å². The van der Waals surface area contributed by atoms with Gasteiger partial charge >= 0.3 is 0 Å². The Bertz CT molecular complexity index is 1080. The van der Waals surface area contributed by atoms with Gasteiger partial charge in [-0.05, 0) is 36.4 Å². The third-order valence-corrected chi connectivity index (χ3v) is 7.76. The normalized spacial score (nSPS) is 18.9. The number of anilines is 1. The zero-order valence-electron chi connectivity index (χ0n) is 15.8. The van der Waals surface area contributed by atoms with Gasteiger partial charge in [0.15, 0.2) is 0 Å². The summed E-state index contributed by atoms with van der Waals surface area (Å²) in [6.45, 7) is 0.350. The van der Waals surface area contributed by atoms with Crippen LogP contribution in [0.1, 0.15) is 29.6 Å². The van der Waals surface area contributed by atoms with Crippen LogP contribution in [0.4, 0.5) is 5.69 Å². The molecule has 3 amide bonds. The lowest BCUT2D eigenvalue weighted by molar-refractivity contribution is -0.129. The highest BCUT2D eigenvalue weighted by Gasteiger charge is 2.41. The number of carbonyl (C=O) groups excluding carboxylic acids is 3. The summed E-state index contributed by atoms with van der Waals surface area (Å²) < 4.78 is 27.4. The van der Waals surface area contributed by atoms with Gasteiger partial charge in [0.1, 0.15) is 4.21 Å². The van der Waals surface area contributed by atoms with Crippen LogP contribution in [-0.2, 0) is 19.6 Å². The second-order valence-electron chi connectivity index (χ2n) is 7.20. The molecule has 1 saturated heterocycles. The van der Waals surface area contributed by atoms with Crippen LogP contribution in [0.5, 0.6) is 0 Å². The second kappa shape index (κ2) is 8.07. The van der Waals surface area contributed by atoms with Crippen molar-refractivity contribution < 1.29 is 22.8 Å². The SMILES string of the molecule is O=C(NNC(=O)[C@@H]1CC(=O)N(C2CC2)C1)c1ccccc1NS(=O)(=O)c1cccs1. The van der Waals surface area contributed by atoms with Crippen molar-refractivity contribution in [1.29, 1.82) is 0 Å². The first-order valence-electron chi connectivity index (χ1n) is 9.40. The third-order valence-electron chi connectivity index (χ3n) is 4.99. The fourth-order valence-electron chi connectivity index (χ4n) is 3.32. The molecule has 1 aliphatic heterocycles. The van der Waals surface area contributed by atoms with Crippen molar-refractivity contribution in [2.75, 3.05) is 11.3 Å². The maximum absolute atomic E-state index is 12.6. The topological polar surface area (TPSA) is 125 Å². The van der Waals surface area contributed by atoms with E-state index in [9.17, 15) is 22.8 Å². The molecule has 0 unspecified atom stereocenters. The molecular weight excluding hydrogens is 428 g/mol. The quantitative estimate of drug-likeness (QED) is 0.575. The summed E-state index contributed by atoms with van der Waals surface area (Å²) in [7, 11) is -3.83. The molecule has 1 saturated carbocycles. The maximum Gasteiger partial charge on any atom is 0.271 e. The lowest BCUT2D eigenvalue weighted by Crippen LogP contribution is -2.45. The van der Waals surface area contributed by atoms with Crippen LogP contribution in [0.3, 0.4) is 0 Å². The number of nitrogens with zero attached hydrogens (tertiary/aromatic N) is 1. The van der Waals surface area contributed by atoms with E-state index >= 15 is 0 Å². The molecule has 1 aliphatic carbocycles. The van der Waals surface area contributed by atoms with E-state index in [0.717, 1.165) is 24.2 Å². The van der Waals surface area contributed by atoms with Crippen molar-refractivity contribution in [3.05, 3.63) is 47.3 Å². The van der Waals surface area contributed by atoms with Crippen LogP contribution in [0, 0.1) is 5.92 Å². The predicted octanol–water partition coefficient (Wildman–Crippen LogP) is 1.32. The van der Waals surface area contributed by atoms with Crippen molar-refractivity contribution >= 4 is 44.8 Å². The minimum absolute atomic E-state index is 0.0442. The van der Waals surface area contributed by atoms with Gasteiger partial charge in [0, 0.05) is 19.0 Å². The minimum Gasteiger partial charge on any atom is -0.339 e. The Hall–Kier alpha value is -2.92. The number of hydrazine groups is 1. The molecule has 11 heteroatoms. The van der Waals surface area contributed by atoms with Gasteiger partial charge in [-0.2, -0.15) is 0 Å². The van der Waals surface area contributed by atoms with Crippen LogP contribution in [-0.4, -0.2) is 43.6 Å². The molecule has 30 heavy (non-hydrogen) atoms. The Labute approximate surface area is 177 Å².